The predicted molar refractivity (Wildman–Crippen MR) is 165 cm³/mol. The van der Waals surface area contributed by atoms with Crippen molar-refractivity contribution in [2.75, 3.05) is 29.9 Å². The zero-order chi connectivity index (χ0) is 33.5. The number of carbonyl (C=O) groups is 3. The second-order valence-corrected chi connectivity index (χ2v) is 12.3. The van der Waals surface area contributed by atoms with E-state index in [1.165, 1.54) is 11.0 Å². The smallest absolute Gasteiger partial charge is 0.386 e. The van der Waals surface area contributed by atoms with E-state index >= 15 is 0 Å². The first-order valence-electron chi connectivity index (χ1n) is 15.1. The van der Waals surface area contributed by atoms with Gasteiger partial charge in [-0.25, -0.2) is 9.78 Å². The van der Waals surface area contributed by atoms with E-state index in [1.54, 1.807) is 38.4 Å². The van der Waals surface area contributed by atoms with Crippen molar-refractivity contribution in [1.82, 2.24) is 30.0 Å². The van der Waals surface area contributed by atoms with Gasteiger partial charge in [-0.15, -0.1) is 0 Å². The van der Waals surface area contributed by atoms with Crippen LogP contribution in [0.25, 0.3) is 10.9 Å². The molecule has 2 aliphatic heterocycles. The largest absolute Gasteiger partial charge is 0.433 e. The molecule has 6 rings (SSSR count). The molecule has 0 saturated carbocycles. The molecule has 0 atom stereocenters. The third-order valence-corrected chi connectivity index (χ3v) is 8.32. The molecule has 0 unspecified atom stereocenters. The van der Waals surface area contributed by atoms with Crippen LogP contribution in [0.3, 0.4) is 0 Å². The number of imide groups is 1. The molecule has 246 valence electrons. The Balaban J connectivity index is 1.15. The number of benzene rings is 1. The number of hydrogen-bond acceptors (Lipinski definition) is 8. The molecule has 2 aliphatic rings. The van der Waals surface area contributed by atoms with Crippen LogP contribution in [0.15, 0.2) is 55.0 Å². The molecule has 4 amide bonds. The lowest BCUT2D eigenvalue weighted by molar-refractivity contribution is -0.141. The Morgan fingerprint density at radius 1 is 1.09 bits per heavy atom. The van der Waals surface area contributed by atoms with Gasteiger partial charge < -0.3 is 10.4 Å². The van der Waals surface area contributed by atoms with Gasteiger partial charge in [0.1, 0.15) is 11.4 Å². The van der Waals surface area contributed by atoms with Crippen molar-refractivity contribution in [2.45, 2.75) is 57.5 Å². The minimum atomic E-state index is -4.70. The Morgan fingerprint density at radius 2 is 1.85 bits per heavy atom. The number of aliphatic hydroxyl groups is 1. The van der Waals surface area contributed by atoms with Crippen molar-refractivity contribution < 1.29 is 32.7 Å². The maximum Gasteiger partial charge on any atom is 0.433 e. The summed E-state index contributed by atoms with van der Waals surface area (Å²) in [5, 5.41) is 21.3. The summed E-state index contributed by atoms with van der Waals surface area (Å²) in [5.74, 6) is -1.13. The van der Waals surface area contributed by atoms with Crippen molar-refractivity contribution in [1.29, 1.82) is 0 Å². The number of piperidine rings is 1. The molecule has 0 spiro atoms. The molecule has 3 N–H and O–H groups in total. The lowest BCUT2D eigenvalue weighted by atomic mass is 9.95. The second kappa shape index (κ2) is 12.4. The Labute approximate surface area is 267 Å². The Morgan fingerprint density at radius 3 is 2.55 bits per heavy atom. The molecule has 15 heteroatoms. The summed E-state index contributed by atoms with van der Waals surface area (Å²) in [7, 11) is 0. The van der Waals surface area contributed by atoms with Crippen LogP contribution in [0.5, 0.6) is 0 Å². The first-order chi connectivity index (χ1) is 22.2. The molecular weight excluding hydrogens is 617 g/mol. The van der Waals surface area contributed by atoms with Crippen molar-refractivity contribution in [3.63, 3.8) is 0 Å². The SMILES string of the molecule is CC(C)(O)c1cc2nn(C3CCN(Cc4cncc(N5CCC(=O)NC5=O)c4)CC3)cc2cc1NC(=O)c1cccc(C(F)(F)F)n1. The van der Waals surface area contributed by atoms with Gasteiger partial charge in [-0.05, 0) is 62.6 Å². The third-order valence-electron chi connectivity index (χ3n) is 8.32. The van der Waals surface area contributed by atoms with Gasteiger partial charge in [-0.2, -0.15) is 18.3 Å². The lowest BCUT2D eigenvalue weighted by Crippen LogP contribution is -2.49. The van der Waals surface area contributed by atoms with E-state index in [1.807, 2.05) is 16.9 Å². The number of amides is 4. The number of carbonyl (C=O) groups excluding carboxylic acids is 3. The van der Waals surface area contributed by atoms with Gasteiger partial charge in [-0.1, -0.05) is 6.07 Å². The fraction of sp³-hybridized carbons (Fsp3) is 0.375. The maximum absolute atomic E-state index is 13.2. The number of aromatic nitrogens is 4. The molecule has 2 saturated heterocycles. The number of hydrogen-bond donors (Lipinski definition) is 3. The summed E-state index contributed by atoms with van der Waals surface area (Å²) in [6, 6.07) is 7.99. The van der Waals surface area contributed by atoms with E-state index < -0.39 is 35.1 Å². The number of rotatable bonds is 7. The fourth-order valence-corrected chi connectivity index (χ4v) is 5.91. The summed E-state index contributed by atoms with van der Waals surface area (Å²) in [6.45, 7) is 5.60. The van der Waals surface area contributed by atoms with Crippen LogP contribution >= 0.6 is 0 Å². The maximum atomic E-state index is 13.2. The van der Waals surface area contributed by atoms with Crippen molar-refractivity contribution in [3.8, 4) is 0 Å². The Bertz CT molecular complexity index is 1840. The zero-order valence-electron chi connectivity index (χ0n) is 25.7. The van der Waals surface area contributed by atoms with Gasteiger partial charge in [-0.3, -0.25) is 34.4 Å². The summed E-state index contributed by atoms with van der Waals surface area (Å²) < 4.78 is 41.4. The average Bonchev–Trinajstić information content (AvgIpc) is 3.43. The topological polar surface area (TPSA) is 146 Å². The van der Waals surface area contributed by atoms with E-state index in [0.29, 0.717) is 35.2 Å². The summed E-state index contributed by atoms with van der Waals surface area (Å²) >= 11 is 0. The van der Waals surface area contributed by atoms with Gasteiger partial charge in [0.05, 0.1) is 29.0 Å². The van der Waals surface area contributed by atoms with Crippen molar-refractivity contribution in [2.24, 2.45) is 0 Å². The number of likely N-dealkylation sites (tertiary alicyclic amines) is 1. The highest BCUT2D eigenvalue weighted by Crippen LogP contribution is 2.34. The van der Waals surface area contributed by atoms with E-state index in [-0.39, 0.29) is 24.1 Å². The van der Waals surface area contributed by atoms with Gasteiger partial charge in [0.25, 0.3) is 5.91 Å². The predicted octanol–water partition coefficient (Wildman–Crippen LogP) is 4.61. The van der Waals surface area contributed by atoms with Gasteiger partial charge in [0.15, 0.2) is 0 Å². The van der Waals surface area contributed by atoms with Crippen LogP contribution in [0.4, 0.5) is 29.3 Å². The number of halogens is 3. The normalized spacial score (nSPS) is 16.9. The summed E-state index contributed by atoms with van der Waals surface area (Å²) in [5.41, 5.74) is -0.184. The monoisotopic (exact) mass is 650 g/mol. The molecule has 0 bridgehead atoms. The van der Waals surface area contributed by atoms with Gasteiger partial charge in [0, 0.05) is 61.6 Å². The van der Waals surface area contributed by atoms with Crippen molar-refractivity contribution >= 4 is 40.1 Å². The Hall–Kier alpha value is -4.89. The quantitative estimate of drug-likeness (QED) is 0.263. The lowest BCUT2D eigenvalue weighted by Gasteiger charge is -2.32. The number of pyridine rings is 2. The standard InChI is InChI=1S/C32H33F3N8O4/c1-31(2,47)23-14-25-20(13-26(23)38-29(45)24-4-3-5-27(37-24)32(33,34)35)18-43(40-25)21-6-9-41(10-7-21)17-19-12-22(16-36-15-19)42-11-8-28(44)39-30(42)46/h3-5,12-16,18,21,47H,6-11,17H2,1-2H3,(H,38,45)(H,39,44,46). The molecule has 0 aliphatic carbocycles. The van der Waals surface area contributed by atoms with Crippen LogP contribution in [0.1, 0.15) is 66.5 Å². The van der Waals surface area contributed by atoms with Crippen LogP contribution in [-0.2, 0) is 23.1 Å². The van der Waals surface area contributed by atoms with E-state index in [4.69, 9.17) is 5.10 Å². The second-order valence-electron chi connectivity index (χ2n) is 12.3. The molecule has 1 aromatic carbocycles. The average molecular weight is 651 g/mol. The molecular formula is C32H33F3N8O4. The first-order valence-corrected chi connectivity index (χ1v) is 15.1. The number of urea groups is 1. The van der Waals surface area contributed by atoms with E-state index in [2.05, 4.69) is 25.5 Å². The fourth-order valence-electron chi connectivity index (χ4n) is 5.91. The van der Waals surface area contributed by atoms with Crippen LogP contribution < -0.4 is 15.5 Å². The minimum Gasteiger partial charge on any atom is -0.386 e. The number of nitrogens with one attached hydrogen (secondary N) is 2. The van der Waals surface area contributed by atoms with E-state index in [9.17, 15) is 32.7 Å². The highest BCUT2D eigenvalue weighted by Gasteiger charge is 2.33. The molecule has 3 aromatic heterocycles. The third kappa shape index (κ3) is 7.10. The van der Waals surface area contributed by atoms with E-state index in [0.717, 1.165) is 43.6 Å². The molecule has 2 fully saturated rings. The Kier molecular flexibility index (Phi) is 8.44. The number of fused-ring (bicyclic) bond motifs is 1. The van der Waals surface area contributed by atoms with Crippen LogP contribution in [0.2, 0.25) is 0 Å². The highest BCUT2D eigenvalue weighted by atomic mass is 19.4. The molecule has 5 heterocycles. The molecule has 0 radical (unpaired) electrons. The molecule has 4 aromatic rings. The zero-order valence-corrected chi connectivity index (χ0v) is 25.7. The van der Waals surface area contributed by atoms with Crippen molar-refractivity contribution in [3.05, 3.63) is 77.5 Å². The van der Waals surface area contributed by atoms with Crippen LogP contribution in [0, 0.1) is 0 Å². The summed E-state index contributed by atoms with van der Waals surface area (Å²) in [4.78, 5) is 48.3. The minimum absolute atomic E-state index is 0.0932. The van der Waals surface area contributed by atoms with Gasteiger partial charge >= 0.3 is 12.2 Å². The first kappa shape index (κ1) is 32.1. The molecule has 47 heavy (non-hydrogen) atoms. The van der Waals surface area contributed by atoms with Crippen LogP contribution in [-0.4, -0.2) is 67.2 Å². The molecule has 12 nitrogen and oxygen atoms in total. The number of alkyl halides is 3. The number of anilines is 2. The highest BCUT2D eigenvalue weighted by molar-refractivity contribution is 6.06. The van der Waals surface area contributed by atoms with Gasteiger partial charge in [0.2, 0.25) is 5.91 Å². The number of nitrogens with zero attached hydrogens (tertiary/aromatic N) is 6. The summed E-state index contributed by atoms with van der Waals surface area (Å²) in [6.07, 6.45) is 2.39.